The number of nitrogens with zero attached hydrogens (tertiary/aromatic N) is 10. The summed E-state index contributed by atoms with van der Waals surface area (Å²) in [6.07, 6.45) is 4.39. The fraction of sp³-hybridized carbons (Fsp3) is 0.227. The molecule has 136 heavy (non-hydrogen) atoms. The van der Waals surface area contributed by atoms with Crippen LogP contribution in [0.2, 0.25) is 0 Å². The number of amides is 4. The van der Waals surface area contributed by atoms with E-state index in [1.807, 2.05) is 126 Å². The van der Waals surface area contributed by atoms with Crippen molar-refractivity contribution in [3.8, 4) is 11.5 Å². The molecule has 20 N–H and O–H groups in total. The summed E-state index contributed by atoms with van der Waals surface area (Å²) in [5.74, 6) is 1.98. The van der Waals surface area contributed by atoms with E-state index in [-0.39, 0.29) is 30.1 Å². The van der Waals surface area contributed by atoms with Crippen LogP contribution in [-0.4, -0.2) is 126 Å². The highest BCUT2D eigenvalue weighted by molar-refractivity contribution is 7.24. The van der Waals surface area contributed by atoms with Gasteiger partial charge in [0.2, 0.25) is 23.6 Å². The van der Waals surface area contributed by atoms with Gasteiger partial charge in [0.05, 0.1) is 92.1 Å². The predicted molar refractivity (Wildman–Crippen MR) is 546 cm³/mol. The van der Waals surface area contributed by atoms with Crippen LogP contribution in [0.15, 0.2) is 163 Å². The molecule has 0 aliphatic carbocycles. The minimum Gasteiger partial charge on any atom is -0.489 e. The molecule has 696 valence electrons. The minimum atomic E-state index is -0.993. The van der Waals surface area contributed by atoms with Crippen LogP contribution in [0.5, 0.6) is 11.5 Å². The number of carbonyl (C=O) groups excluding carboxylic acids is 4. The Morgan fingerprint density at radius 1 is 0.382 bits per heavy atom. The average Bonchev–Trinajstić information content (AvgIpc) is 1.65. The first-order valence-electron chi connectivity index (χ1n) is 43.5. The van der Waals surface area contributed by atoms with Gasteiger partial charge in [0.25, 0.3) is 0 Å². The maximum atomic E-state index is 11.6. The van der Waals surface area contributed by atoms with Gasteiger partial charge in [-0.1, -0.05) is 116 Å². The first-order chi connectivity index (χ1) is 65.1. The molecule has 0 aliphatic heterocycles. The molecule has 0 unspecified atom stereocenters. The predicted octanol–water partition coefficient (Wildman–Crippen LogP) is 20.3. The van der Waals surface area contributed by atoms with Crippen LogP contribution >= 0.6 is 56.7 Å². The number of aryl methyl sites for hydroxylation is 3. The van der Waals surface area contributed by atoms with Gasteiger partial charge in [-0.25, -0.2) is 54.4 Å². The zero-order chi connectivity index (χ0) is 96.4. The summed E-state index contributed by atoms with van der Waals surface area (Å²) in [6, 6.07) is 46.1. The largest absolute Gasteiger partial charge is 0.489 e. The topological polar surface area (TPSA) is 525 Å². The van der Waals surface area contributed by atoms with E-state index in [1.165, 1.54) is 51.4 Å². The lowest BCUT2D eigenvalue weighted by Crippen LogP contribution is -2.12. The summed E-state index contributed by atoms with van der Waals surface area (Å²) in [5, 5.41) is 38.7. The molecule has 0 fully saturated rings. The van der Waals surface area contributed by atoms with Crippen LogP contribution < -0.4 is 64.7 Å². The van der Waals surface area contributed by atoms with Crippen molar-refractivity contribution in [1.82, 2.24) is 74.3 Å². The number of fused-ring (bicyclic) bond motifs is 15. The Hall–Kier alpha value is -15.3. The molecule has 34 nitrogen and oxygen atoms in total. The quantitative estimate of drug-likeness (QED) is 0.0239. The smallest absolute Gasteiger partial charge is 0.335 e. The van der Waals surface area contributed by atoms with Gasteiger partial charge in [0.15, 0.2) is 25.7 Å². The van der Waals surface area contributed by atoms with Crippen molar-refractivity contribution in [2.45, 2.75) is 121 Å². The number of hydrogen-bond acceptors (Lipinski definition) is 28. The molecule has 4 amide bonds. The van der Waals surface area contributed by atoms with Crippen molar-refractivity contribution in [1.29, 1.82) is 0 Å². The van der Waals surface area contributed by atoms with Crippen molar-refractivity contribution < 1.29 is 43.7 Å². The number of aromatic nitrogens is 15. The summed E-state index contributed by atoms with van der Waals surface area (Å²) in [5.41, 5.74) is 43.1. The second-order valence-electron chi connectivity index (χ2n) is 34.1. The number of H-pyrrole nitrogens is 5. The zero-order valence-electron chi connectivity index (χ0n) is 76.2. The second-order valence-corrected chi connectivity index (χ2v) is 39.3. The van der Waals surface area contributed by atoms with Crippen molar-refractivity contribution in [3.63, 3.8) is 0 Å². The van der Waals surface area contributed by atoms with Gasteiger partial charge in [-0.05, 0) is 229 Å². The molecular formula is C97H98N24O10S5. The standard InChI is InChI=1S/C20H21N5O2S.C20H21N5OS.2C19H19N5O2S.C19H18N4O3S/c1-10(2)7-11-3-4-12(19(21)27)8-14(11)23-20-25-18-15(28-20)6-5-13-17(18)24-16(9-26)22-13;1-11(2)8-12-4-5-13(19(21)26)9-14(12)23-20-24-18-16(27-20)7-6-15-17(18)22-10-25(15)3;1-9(2)26-14-6-4-11(18(20)25)8-13(14)23-19-24-17-15(27-19)7-5-12-16(17)22-10(3)21-12;1-9(2)7-10-3-4-11(17(20)25)8-13(10)22-19-24-16-14(27-19)6-5-12-15(16)23-18(26)21-12;1-9(2)26-14-6-4-11(18(24)25)8-13(14)22-19-23-17-15(27-19)7-5-12-16(17)21-10(3)20-12/h3-6,8,10,26H,7,9H2,1-2H3,(H2,21,27)(H,22,24)(H,23,25);4-7,9-11H,8H2,1-3H3,(H2,21,26)(H,23,24);4-9H,1-3H3,(H2,20,25)(H,21,22)(H,23,24);3-6,8-9H,7H2,1-2H3,(H2,20,25)(H,22,24)(H2,21,23,26);4-9H,1-3H3,(H,20,21)(H,22,23)(H,24,25). The number of ether oxygens (including phenoxy) is 2. The number of thiazole rings is 5. The molecule has 39 heteroatoms. The molecule has 0 radical (unpaired) electrons. The number of nitrogens with one attached hydrogen (secondary N) is 10. The number of primary amides is 4. The fourth-order valence-electron chi connectivity index (χ4n) is 15.3. The maximum Gasteiger partial charge on any atom is 0.335 e. The van der Waals surface area contributed by atoms with Gasteiger partial charge in [-0.2, -0.15) is 0 Å². The van der Waals surface area contributed by atoms with Crippen molar-refractivity contribution in [2.24, 2.45) is 47.7 Å². The number of carboxylic acids is 1. The van der Waals surface area contributed by atoms with Gasteiger partial charge in [0, 0.05) is 46.4 Å². The third kappa shape index (κ3) is 21.3. The SMILES string of the molecule is CC(C)Cc1ccc(C(N)=O)cc1Nc1nc2c(ccc3[nH]c(=O)[nH]c32)s1.CC(C)Cc1ccc(C(N)=O)cc1Nc1nc2c(ccc3[nH]c(CO)nc32)s1.CC(C)Cc1ccc(C(N)=O)cc1Nc1nc2c(ccc3c2ncn3C)s1.Cc1nc2c(ccc3sc(Nc4cc(C(=O)O)ccc4OC(C)C)nc32)[nH]1.Cc1nc2c(ccc3sc(Nc4cc(C(N)=O)ccc4OC(C)C)nc32)[nH]1. The molecule has 0 saturated carbocycles. The lowest BCUT2D eigenvalue weighted by atomic mass is 9.99. The molecule has 20 aromatic rings. The van der Waals surface area contributed by atoms with E-state index in [0.717, 1.165) is 171 Å². The number of nitrogens with two attached hydrogens (primary N) is 4. The highest BCUT2D eigenvalue weighted by Gasteiger charge is 2.23. The van der Waals surface area contributed by atoms with Crippen molar-refractivity contribution >= 4 is 247 Å². The molecule has 10 heterocycles. The Balaban J connectivity index is 0.000000123. The zero-order valence-corrected chi connectivity index (χ0v) is 80.3. The average molecular weight is 1920 g/mol. The normalized spacial score (nSPS) is 11.5. The molecule has 20 rings (SSSR count). The first-order valence-corrected chi connectivity index (χ1v) is 47.6. The number of benzene rings is 10. The van der Waals surface area contributed by atoms with E-state index in [0.29, 0.717) is 94.7 Å². The van der Waals surface area contributed by atoms with E-state index < -0.39 is 29.6 Å². The number of rotatable bonds is 26. The number of carbonyl (C=O) groups is 5. The monoisotopic (exact) mass is 1920 g/mol. The lowest BCUT2D eigenvalue weighted by Gasteiger charge is -2.15. The summed E-state index contributed by atoms with van der Waals surface area (Å²) >= 11 is 7.55. The van der Waals surface area contributed by atoms with E-state index in [4.69, 9.17) is 47.4 Å². The molecule has 10 aromatic carbocycles. The number of hydrogen-bond donors (Lipinski definition) is 16. The Bertz CT molecular complexity index is 7700. The second kappa shape index (κ2) is 39.9. The van der Waals surface area contributed by atoms with Crippen molar-refractivity contribution in [3.05, 3.63) is 230 Å². The van der Waals surface area contributed by atoms with E-state index in [9.17, 15) is 39.0 Å². The highest BCUT2D eigenvalue weighted by atomic mass is 32.1. The van der Waals surface area contributed by atoms with Gasteiger partial charge in [0.1, 0.15) is 85.2 Å². The summed E-state index contributed by atoms with van der Waals surface area (Å²) in [4.78, 5) is 126. The highest BCUT2D eigenvalue weighted by Crippen LogP contribution is 2.42. The molecule has 0 spiro atoms. The number of anilines is 10. The third-order valence-electron chi connectivity index (χ3n) is 21.3. The van der Waals surface area contributed by atoms with E-state index in [2.05, 4.69) is 135 Å². The Morgan fingerprint density at radius 2 is 0.713 bits per heavy atom. The van der Waals surface area contributed by atoms with Crippen LogP contribution in [0.3, 0.4) is 0 Å². The number of carboxylic acid groups (broad SMARTS) is 1. The molecule has 0 aliphatic rings. The number of aliphatic hydroxyl groups excluding tert-OH is 1. The van der Waals surface area contributed by atoms with E-state index >= 15 is 0 Å². The van der Waals surface area contributed by atoms with E-state index in [1.54, 1.807) is 78.3 Å². The van der Waals surface area contributed by atoms with Crippen LogP contribution in [0, 0.1) is 31.6 Å². The van der Waals surface area contributed by atoms with Crippen LogP contribution in [0.1, 0.15) is 155 Å². The van der Waals surface area contributed by atoms with Crippen molar-refractivity contribution in [2.75, 3.05) is 26.6 Å². The molecular weight excluding hydrogens is 1820 g/mol. The number of aromatic amines is 5. The molecule has 0 atom stereocenters. The molecule has 0 saturated heterocycles. The van der Waals surface area contributed by atoms with Crippen LogP contribution in [0.25, 0.3) is 106 Å². The molecule has 10 aromatic heterocycles. The first kappa shape index (κ1) is 93.9. The van der Waals surface area contributed by atoms with Crippen LogP contribution in [0.4, 0.5) is 54.1 Å². The summed E-state index contributed by atoms with van der Waals surface area (Å²) in [6.45, 7) is 24.3. The van der Waals surface area contributed by atoms with Gasteiger partial charge < -0.3 is 98.7 Å². The summed E-state index contributed by atoms with van der Waals surface area (Å²) in [7, 11) is 1.97. The Labute approximate surface area is 796 Å². The lowest BCUT2D eigenvalue weighted by molar-refractivity contribution is 0.0695. The summed E-state index contributed by atoms with van der Waals surface area (Å²) < 4.78 is 18.7. The third-order valence-corrected chi connectivity index (χ3v) is 25.9. The fourth-order valence-corrected chi connectivity index (χ4v) is 19.7. The number of aliphatic hydroxyl groups is 1. The Morgan fingerprint density at radius 3 is 1.10 bits per heavy atom. The van der Waals surface area contributed by atoms with Gasteiger partial charge >= 0.3 is 11.7 Å². The van der Waals surface area contributed by atoms with Gasteiger partial charge in [-0.3, -0.25) is 19.2 Å². The maximum absolute atomic E-state index is 11.6. The van der Waals surface area contributed by atoms with Gasteiger partial charge in [-0.15, -0.1) is 0 Å². The number of imidazole rings is 5. The number of aromatic carboxylic acids is 1. The molecule has 0 bridgehead atoms. The van der Waals surface area contributed by atoms with Crippen LogP contribution in [-0.2, 0) is 32.9 Å². The minimum absolute atomic E-state index is 0.00741. The Kier molecular flexibility index (Phi) is 27.5.